The van der Waals surface area contributed by atoms with Gasteiger partial charge in [-0.1, -0.05) is 0 Å². The minimum absolute atomic E-state index is 0.0365. The molecule has 0 aromatic rings. The molecule has 0 saturated heterocycles. The fourth-order valence-corrected chi connectivity index (χ4v) is 2.40. The van der Waals surface area contributed by atoms with Crippen molar-refractivity contribution in [3.8, 4) is 0 Å². The summed E-state index contributed by atoms with van der Waals surface area (Å²) in [6, 6.07) is 0. The van der Waals surface area contributed by atoms with Crippen molar-refractivity contribution in [1.82, 2.24) is 5.32 Å². The minimum Gasteiger partial charge on any atom is -0.446 e. The lowest BCUT2D eigenvalue weighted by atomic mass is 10.0. The van der Waals surface area contributed by atoms with Crippen LogP contribution in [-0.4, -0.2) is 30.5 Å². The molecule has 0 bridgehead atoms. The summed E-state index contributed by atoms with van der Waals surface area (Å²) in [4.78, 5) is 16.0. The quantitative estimate of drug-likeness (QED) is 0.781. The monoisotopic (exact) mass is 281 g/mol. The molecule has 1 aliphatic rings. The van der Waals surface area contributed by atoms with Crippen LogP contribution in [-0.2, 0) is 4.74 Å². The highest BCUT2D eigenvalue weighted by Gasteiger charge is 2.30. The molecule has 2 unspecified atom stereocenters. The number of carbonyl (C=O) groups excluding carboxylic acids is 1. The number of allylic oxidation sites excluding steroid dienone is 2. The van der Waals surface area contributed by atoms with E-state index in [-0.39, 0.29) is 17.7 Å². The smallest absolute Gasteiger partial charge is 0.407 e. The van der Waals surface area contributed by atoms with Crippen molar-refractivity contribution in [2.75, 3.05) is 7.05 Å². The molecule has 0 aromatic carbocycles. The van der Waals surface area contributed by atoms with E-state index in [1.165, 1.54) is 0 Å². The molecule has 114 valence electrons. The van der Waals surface area contributed by atoms with Gasteiger partial charge in [0.05, 0.1) is 0 Å². The van der Waals surface area contributed by atoms with Gasteiger partial charge >= 0.3 is 6.09 Å². The maximum absolute atomic E-state index is 11.7. The molecule has 0 aromatic heterocycles. The van der Waals surface area contributed by atoms with Gasteiger partial charge < -0.3 is 15.8 Å². The third-order valence-corrected chi connectivity index (χ3v) is 3.19. The highest BCUT2D eigenvalue weighted by atomic mass is 16.6. The number of ether oxygens (including phenoxy) is 1. The molecule has 0 spiro atoms. The van der Waals surface area contributed by atoms with Gasteiger partial charge in [0.1, 0.15) is 6.10 Å². The van der Waals surface area contributed by atoms with E-state index in [0.717, 1.165) is 30.7 Å². The van der Waals surface area contributed by atoms with Gasteiger partial charge in [-0.2, -0.15) is 0 Å². The van der Waals surface area contributed by atoms with Crippen LogP contribution in [0.15, 0.2) is 16.8 Å². The predicted molar refractivity (Wildman–Crippen MR) is 81.8 cm³/mol. The summed E-state index contributed by atoms with van der Waals surface area (Å²) in [5, 5.41) is 2.81. The number of nitrogens with two attached hydrogens (primary N) is 1. The third kappa shape index (κ3) is 5.63. The first-order valence-electron chi connectivity index (χ1n) is 7.10. The number of hydrogen-bond acceptors (Lipinski definition) is 4. The normalized spacial score (nSPS) is 24.6. The van der Waals surface area contributed by atoms with E-state index in [4.69, 9.17) is 10.5 Å². The van der Waals surface area contributed by atoms with Crippen molar-refractivity contribution in [2.45, 2.75) is 58.6 Å². The average molecular weight is 281 g/mol. The van der Waals surface area contributed by atoms with Gasteiger partial charge in [0, 0.05) is 29.9 Å². The van der Waals surface area contributed by atoms with Crippen molar-refractivity contribution in [3.63, 3.8) is 0 Å². The summed E-state index contributed by atoms with van der Waals surface area (Å²) in [5.74, 6) is 0.325. The van der Waals surface area contributed by atoms with Gasteiger partial charge in [0.2, 0.25) is 0 Å². The van der Waals surface area contributed by atoms with Crippen molar-refractivity contribution in [3.05, 3.63) is 11.8 Å². The van der Waals surface area contributed by atoms with Crippen LogP contribution in [0.3, 0.4) is 0 Å². The number of aliphatic imine (C=N–C) groups is 1. The van der Waals surface area contributed by atoms with E-state index in [1.54, 1.807) is 7.05 Å². The maximum atomic E-state index is 11.7. The first-order valence-corrected chi connectivity index (χ1v) is 7.10. The fourth-order valence-electron chi connectivity index (χ4n) is 2.40. The van der Waals surface area contributed by atoms with Gasteiger partial charge in [0.15, 0.2) is 0 Å². The van der Waals surface area contributed by atoms with E-state index >= 15 is 0 Å². The summed E-state index contributed by atoms with van der Waals surface area (Å²) >= 11 is 0. The molecule has 0 aliphatic heterocycles. The van der Waals surface area contributed by atoms with Crippen molar-refractivity contribution in [2.24, 2.45) is 16.6 Å². The lowest BCUT2D eigenvalue weighted by Gasteiger charge is -2.22. The van der Waals surface area contributed by atoms with Crippen LogP contribution in [0.2, 0.25) is 0 Å². The largest absolute Gasteiger partial charge is 0.446 e. The van der Waals surface area contributed by atoms with E-state index in [1.807, 2.05) is 33.8 Å². The molecular formula is C15H27N3O2. The lowest BCUT2D eigenvalue weighted by molar-refractivity contribution is 0.0935. The summed E-state index contributed by atoms with van der Waals surface area (Å²) in [5.41, 5.74) is 7.18. The number of nitrogens with zero attached hydrogens (tertiary/aromatic N) is 1. The first kappa shape index (κ1) is 16.5. The van der Waals surface area contributed by atoms with Crippen molar-refractivity contribution in [1.29, 1.82) is 0 Å². The Morgan fingerprint density at radius 1 is 1.40 bits per heavy atom. The highest BCUT2D eigenvalue weighted by molar-refractivity contribution is 5.97. The zero-order valence-corrected chi connectivity index (χ0v) is 13.2. The molecule has 2 atom stereocenters. The minimum atomic E-state index is -0.344. The van der Waals surface area contributed by atoms with Crippen LogP contribution in [0, 0.1) is 5.92 Å². The van der Waals surface area contributed by atoms with Crippen LogP contribution >= 0.6 is 0 Å². The maximum Gasteiger partial charge on any atom is 0.407 e. The zero-order valence-electron chi connectivity index (χ0n) is 13.2. The highest BCUT2D eigenvalue weighted by Crippen LogP contribution is 2.29. The van der Waals surface area contributed by atoms with Gasteiger partial charge in [-0.15, -0.1) is 0 Å². The Hall–Kier alpha value is -1.52. The zero-order chi connectivity index (χ0) is 15.3. The second-order valence-corrected chi connectivity index (χ2v) is 6.45. The lowest BCUT2D eigenvalue weighted by Crippen LogP contribution is -2.42. The number of nitrogens with one attached hydrogen (secondary N) is 1. The molecule has 1 aliphatic carbocycles. The molecule has 5 nitrogen and oxygen atoms in total. The molecule has 1 saturated carbocycles. The SMILES string of the molecule is CN=C(/C=C(\C)N)C1CCC(OC(=O)NC(C)(C)C)C1. The number of alkyl carbamates (subject to hydrolysis) is 1. The third-order valence-electron chi connectivity index (χ3n) is 3.19. The number of hydrogen-bond donors (Lipinski definition) is 2. The van der Waals surface area contributed by atoms with E-state index in [2.05, 4.69) is 10.3 Å². The Labute approximate surface area is 121 Å². The first-order chi connectivity index (χ1) is 9.21. The molecule has 3 N–H and O–H groups in total. The Morgan fingerprint density at radius 2 is 2.05 bits per heavy atom. The summed E-state index contributed by atoms with van der Waals surface area (Å²) in [7, 11) is 1.77. The van der Waals surface area contributed by atoms with Gasteiger partial charge in [0.25, 0.3) is 0 Å². The van der Waals surface area contributed by atoms with Crippen molar-refractivity contribution >= 4 is 11.8 Å². The Kier molecular flexibility index (Phi) is 5.60. The average Bonchev–Trinajstić information content (AvgIpc) is 2.71. The van der Waals surface area contributed by atoms with Crippen LogP contribution in [0.1, 0.15) is 47.0 Å². The Bertz CT molecular complexity index is 404. The van der Waals surface area contributed by atoms with E-state index in [0.29, 0.717) is 5.92 Å². The van der Waals surface area contributed by atoms with Crippen LogP contribution in [0.25, 0.3) is 0 Å². The van der Waals surface area contributed by atoms with E-state index < -0.39 is 0 Å². The molecule has 5 heteroatoms. The van der Waals surface area contributed by atoms with Gasteiger partial charge in [-0.05, 0) is 53.0 Å². The predicted octanol–water partition coefficient (Wildman–Crippen LogP) is 2.61. The molecular weight excluding hydrogens is 254 g/mol. The fraction of sp³-hybridized carbons (Fsp3) is 0.733. The summed E-state index contributed by atoms with van der Waals surface area (Å²) < 4.78 is 5.46. The second kappa shape index (κ2) is 6.77. The molecule has 20 heavy (non-hydrogen) atoms. The second-order valence-electron chi connectivity index (χ2n) is 6.45. The van der Waals surface area contributed by atoms with E-state index in [9.17, 15) is 4.79 Å². The van der Waals surface area contributed by atoms with Crippen molar-refractivity contribution < 1.29 is 9.53 Å². The molecule has 1 rings (SSSR count). The molecule has 1 amide bonds. The van der Waals surface area contributed by atoms with Gasteiger partial charge in [-0.3, -0.25) is 4.99 Å². The van der Waals surface area contributed by atoms with Crippen LogP contribution in [0.5, 0.6) is 0 Å². The van der Waals surface area contributed by atoms with Gasteiger partial charge in [-0.25, -0.2) is 4.79 Å². The molecule has 1 fully saturated rings. The standard InChI is InChI=1S/C15H27N3O2/c1-10(16)8-13(17-5)11-6-7-12(9-11)20-14(19)18-15(2,3)4/h8,11-12H,6-7,9,16H2,1-5H3,(H,18,19)/b10-8+,17-13?. The topological polar surface area (TPSA) is 76.7 Å². The summed E-state index contributed by atoms with van der Waals surface area (Å²) in [6.07, 6.45) is 4.19. The Morgan fingerprint density at radius 3 is 2.55 bits per heavy atom. The number of amides is 1. The number of carbonyl (C=O) groups is 1. The Balaban J connectivity index is 2.52. The molecule has 0 heterocycles. The molecule has 0 radical (unpaired) electrons. The summed E-state index contributed by atoms with van der Waals surface area (Å²) in [6.45, 7) is 7.65. The van der Waals surface area contributed by atoms with Crippen LogP contribution < -0.4 is 11.1 Å². The van der Waals surface area contributed by atoms with Crippen LogP contribution in [0.4, 0.5) is 4.79 Å². The number of rotatable bonds is 3.